The van der Waals surface area contributed by atoms with Gasteiger partial charge in [-0.05, 0) is 133 Å². The van der Waals surface area contributed by atoms with Crippen molar-refractivity contribution in [3.05, 3.63) is 160 Å². The minimum atomic E-state index is -3.56. The van der Waals surface area contributed by atoms with Crippen molar-refractivity contribution in [3.8, 4) is 16.9 Å². The fourth-order valence-corrected chi connectivity index (χ4v) is 13.8. The SMILES string of the molecule is Cc1cc(C)cc(P(=O)(c2cc(C)cc(C)c2)c2ccccc2-c2cc(O)ccc2P(=O)(c2cc(C)cc(C)c2)c2cc(C)cc(C)c2)c1. The molecule has 0 fully saturated rings. The average Bonchev–Trinajstić information content (AvgIpc) is 3.02. The van der Waals surface area contributed by atoms with E-state index in [2.05, 4.69) is 24.3 Å². The molecule has 0 aliphatic heterocycles. The lowest BCUT2D eigenvalue weighted by Crippen LogP contribution is -2.30. The van der Waals surface area contributed by atoms with Crippen molar-refractivity contribution >= 4 is 46.1 Å². The summed E-state index contributed by atoms with van der Waals surface area (Å²) in [4.78, 5) is 0. The van der Waals surface area contributed by atoms with Crippen molar-refractivity contribution in [2.75, 3.05) is 0 Å². The van der Waals surface area contributed by atoms with Crippen LogP contribution >= 0.6 is 14.3 Å². The van der Waals surface area contributed by atoms with E-state index in [1.165, 1.54) is 0 Å². The van der Waals surface area contributed by atoms with Crippen molar-refractivity contribution in [3.63, 3.8) is 0 Å². The monoisotopic (exact) mass is 682 g/mol. The summed E-state index contributed by atoms with van der Waals surface area (Å²) in [6.45, 7) is 16.2. The van der Waals surface area contributed by atoms with E-state index >= 15 is 9.13 Å². The predicted octanol–water partition coefficient (Wildman–Crippen LogP) is 8.81. The molecule has 0 radical (unpaired) electrons. The second-order valence-electron chi connectivity index (χ2n) is 13.8. The van der Waals surface area contributed by atoms with Crippen LogP contribution in [0.5, 0.6) is 5.75 Å². The highest BCUT2D eigenvalue weighted by atomic mass is 31.2. The van der Waals surface area contributed by atoms with E-state index in [1.54, 1.807) is 18.2 Å². The van der Waals surface area contributed by atoms with Crippen LogP contribution in [0.1, 0.15) is 44.5 Å². The van der Waals surface area contributed by atoms with Crippen LogP contribution in [-0.2, 0) is 9.13 Å². The molecule has 5 heteroatoms. The van der Waals surface area contributed by atoms with Crippen LogP contribution in [0, 0.1) is 55.4 Å². The maximum atomic E-state index is 16.3. The summed E-state index contributed by atoms with van der Waals surface area (Å²) in [5, 5.41) is 15.3. The molecule has 0 aliphatic carbocycles. The summed E-state index contributed by atoms with van der Waals surface area (Å²) in [6, 6.07) is 37.4. The van der Waals surface area contributed by atoms with Gasteiger partial charge in [0.15, 0.2) is 14.3 Å². The van der Waals surface area contributed by atoms with Gasteiger partial charge in [-0.25, -0.2) is 0 Å². The van der Waals surface area contributed by atoms with Crippen molar-refractivity contribution in [1.82, 2.24) is 0 Å². The summed E-state index contributed by atoms with van der Waals surface area (Å²) >= 11 is 0. The quantitative estimate of drug-likeness (QED) is 0.171. The number of rotatable bonds is 7. The van der Waals surface area contributed by atoms with Gasteiger partial charge in [0.2, 0.25) is 0 Å². The fourth-order valence-electron chi connectivity index (χ4n) is 7.37. The van der Waals surface area contributed by atoms with Crippen LogP contribution < -0.4 is 31.8 Å². The highest BCUT2D eigenvalue weighted by Gasteiger charge is 2.37. The van der Waals surface area contributed by atoms with E-state index in [1.807, 2.05) is 128 Å². The number of aromatic hydroxyl groups is 1. The number of phenols is 1. The zero-order valence-corrected chi connectivity index (χ0v) is 31.4. The number of hydrogen-bond acceptors (Lipinski definition) is 3. The molecule has 248 valence electrons. The van der Waals surface area contributed by atoms with Gasteiger partial charge >= 0.3 is 0 Å². The van der Waals surface area contributed by atoms with Crippen LogP contribution in [0.3, 0.4) is 0 Å². The Hall–Kier alpha value is -4.42. The number of aryl methyl sites for hydroxylation is 8. The third kappa shape index (κ3) is 6.51. The first-order chi connectivity index (χ1) is 23.2. The van der Waals surface area contributed by atoms with Crippen LogP contribution in [0.15, 0.2) is 115 Å². The molecule has 0 heterocycles. The minimum absolute atomic E-state index is 0.0496. The van der Waals surface area contributed by atoms with Crippen molar-refractivity contribution in [2.24, 2.45) is 0 Å². The first kappa shape index (κ1) is 34.4. The maximum Gasteiger partial charge on any atom is 0.171 e. The van der Waals surface area contributed by atoms with Crippen molar-refractivity contribution in [1.29, 1.82) is 0 Å². The Balaban J connectivity index is 1.75. The molecule has 1 N–H and O–H groups in total. The lowest BCUT2D eigenvalue weighted by molar-refractivity contribution is 0.475. The Kier molecular flexibility index (Phi) is 9.23. The van der Waals surface area contributed by atoms with E-state index in [0.29, 0.717) is 21.7 Å². The first-order valence-corrected chi connectivity index (χ1v) is 20.1. The average molecular weight is 683 g/mol. The molecule has 3 nitrogen and oxygen atoms in total. The normalized spacial score (nSPS) is 11.9. The van der Waals surface area contributed by atoms with E-state index in [0.717, 1.165) is 65.7 Å². The second-order valence-corrected chi connectivity index (χ2v) is 19.3. The standard InChI is InChI=1S/C44H44O3P2/c1-28-15-29(2)20-37(19-28)48(46,38-21-30(3)16-31(4)22-38)43-12-10-9-11-41(43)42-27-36(45)13-14-44(42)49(47,39-23-32(5)17-33(6)24-39)40-25-34(7)18-35(8)26-40/h9-27,45H,1-8H3. The molecule has 0 unspecified atom stereocenters. The zero-order chi connectivity index (χ0) is 35.2. The summed E-state index contributed by atoms with van der Waals surface area (Å²) in [5.41, 5.74) is 9.50. The molecule has 0 bridgehead atoms. The van der Waals surface area contributed by atoms with Crippen LogP contribution in [0.4, 0.5) is 0 Å². The minimum Gasteiger partial charge on any atom is -0.508 e. The van der Waals surface area contributed by atoms with Gasteiger partial charge in [0, 0.05) is 31.8 Å². The van der Waals surface area contributed by atoms with Gasteiger partial charge in [0.05, 0.1) is 0 Å². The van der Waals surface area contributed by atoms with Crippen molar-refractivity contribution in [2.45, 2.75) is 55.4 Å². The van der Waals surface area contributed by atoms with Gasteiger partial charge in [0.25, 0.3) is 0 Å². The third-order valence-electron chi connectivity index (χ3n) is 9.13. The molecule has 0 saturated heterocycles. The van der Waals surface area contributed by atoms with Gasteiger partial charge in [-0.3, -0.25) is 0 Å². The molecule has 6 rings (SSSR count). The topological polar surface area (TPSA) is 54.4 Å². The molecule has 0 spiro atoms. The lowest BCUT2D eigenvalue weighted by atomic mass is 10.1. The molecule has 0 aromatic heterocycles. The van der Waals surface area contributed by atoms with Gasteiger partial charge < -0.3 is 14.2 Å². The molecule has 6 aromatic carbocycles. The molecule has 0 aliphatic rings. The highest BCUT2D eigenvalue weighted by Crippen LogP contribution is 2.50. The first-order valence-electron chi connectivity index (χ1n) is 16.7. The predicted molar refractivity (Wildman–Crippen MR) is 210 cm³/mol. The van der Waals surface area contributed by atoms with Gasteiger partial charge in [0.1, 0.15) is 5.75 Å². The summed E-state index contributed by atoms with van der Waals surface area (Å²) in [6.07, 6.45) is 0. The Morgan fingerprint density at radius 2 is 0.673 bits per heavy atom. The molecule has 6 aromatic rings. The largest absolute Gasteiger partial charge is 0.508 e. The van der Waals surface area contributed by atoms with Gasteiger partial charge in [-0.15, -0.1) is 0 Å². The number of phenolic OH excluding ortho intramolecular Hbond substituents is 1. The third-order valence-corrected chi connectivity index (χ3v) is 15.2. The number of benzene rings is 6. The Morgan fingerprint density at radius 3 is 1.02 bits per heavy atom. The smallest absolute Gasteiger partial charge is 0.171 e. The van der Waals surface area contributed by atoms with Crippen molar-refractivity contribution < 1.29 is 14.2 Å². The molecular weight excluding hydrogens is 638 g/mol. The second kappa shape index (κ2) is 13.1. The van der Waals surface area contributed by atoms with Crippen LogP contribution in [-0.4, -0.2) is 5.11 Å². The molecular formula is C44H44O3P2. The van der Waals surface area contributed by atoms with E-state index < -0.39 is 14.3 Å². The van der Waals surface area contributed by atoms with E-state index in [4.69, 9.17) is 0 Å². The fraction of sp³-hybridized carbons (Fsp3) is 0.182. The Morgan fingerprint density at radius 1 is 0.367 bits per heavy atom. The lowest BCUT2D eigenvalue weighted by Gasteiger charge is -2.28. The Labute approximate surface area is 291 Å². The molecule has 0 saturated carbocycles. The molecule has 0 atom stereocenters. The summed E-state index contributed by atoms with van der Waals surface area (Å²) in [5.74, 6) is 0.0496. The summed E-state index contributed by atoms with van der Waals surface area (Å²) < 4.78 is 32.5. The van der Waals surface area contributed by atoms with Crippen LogP contribution in [0.2, 0.25) is 0 Å². The maximum absolute atomic E-state index is 16.3. The number of hydrogen-bond donors (Lipinski definition) is 1. The van der Waals surface area contributed by atoms with E-state index in [9.17, 15) is 5.11 Å². The molecule has 49 heavy (non-hydrogen) atoms. The zero-order valence-electron chi connectivity index (χ0n) is 29.6. The Bertz CT molecular complexity index is 2160. The molecule has 0 amide bonds. The van der Waals surface area contributed by atoms with E-state index in [-0.39, 0.29) is 5.75 Å². The highest BCUT2D eigenvalue weighted by molar-refractivity contribution is 7.86. The van der Waals surface area contributed by atoms with Crippen LogP contribution in [0.25, 0.3) is 11.1 Å². The van der Waals surface area contributed by atoms with Gasteiger partial charge in [-0.1, -0.05) is 93.0 Å². The van der Waals surface area contributed by atoms with Gasteiger partial charge in [-0.2, -0.15) is 0 Å². The summed E-state index contributed by atoms with van der Waals surface area (Å²) in [7, 11) is -7.08.